The van der Waals surface area contributed by atoms with Gasteiger partial charge in [0.2, 0.25) is 0 Å². The van der Waals surface area contributed by atoms with Crippen molar-refractivity contribution in [3.05, 3.63) is 71.3 Å². The Morgan fingerprint density at radius 1 is 1.00 bits per heavy atom. The molecule has 0 saturated heterocycles. The molecule has 0 radical (unpaired) electrons. The van der Waals surface area contributed by atoms with Crippen molar-refractivity contribution < 1.29 is 8.78 Å². The summed E-state index contributed by atoms with van der Waals surface area (Å²) in [7, 11) is 0. The quantitative estimate of drug-likeness (QED) is 0.720. The van der Waals surface area contributed by atoms with Crippen LogP contribution in [0.3, 0.4) is 0 Å². The molecule has 0 bridgehead atoms. The second-order valence-electron chi connectivity index (χ2n) is 4.42. The third-order valence-electron chi connectivity index (χ3n) is 3.11. The highest BCUT2D eigenvalue weighted by molar-refractivity contribution is 5.33. The molecule has 0 aliphatic carbocycles. The zero-order valence-corrected chi connectivity index (χ0v) is 10.4. The Bertz CT molecular complexity index is 520. The fourth-order valence-corrected chi connectivity index (χ4v) is 2.27. The first-order valence-corrected chi connectivity index (χ1v) is 6.22. The molecule has 0 amide bonds. The van der Waals surface area contributed by atoms with E-state index >= 15 is 0 Å². The lowest BCUT2D eigenvalue weighted by Gasteiger charge is -2.18. The average molecular weight is 246 g/mol. The topological polar surface area (TPSA) is 0 Å². The van der Waals surface area contributed by atoms with Crippen LogP contribution in [0.15, 0.2) is 48.5 Å². The number of benzene rings is 2. The summed E-state index contributed by atoms with van der Waals surface area (Å²) in [6, 6.07) is 13.2. The van der Waals surface area contributed by atoms with Crippen molar-refractivity contribution in [1.82, 2.24) is 0 Å². The van der Waals surface area contributed by atoms with E-state index in [1.807, 2.05) is 19.1 Å². The minimum absolute atomic E-state index is 0.0769. The van der Waals surface area contributed by atoms with E-state index in [4.69, 9.17) is 0 Å². The molecule has 18 heavy (non-hydrogen) atoms. The first-order chi connectivity index (χ1) is 8.72. The van der Waals surface area contributed by atoms with Gasteiger partial charge in [0.05, 0.1) is 0 Å². The summed E-state index contributed by atoms with van der Waals surface area (Å²) < 4.78 is 27.1. The van der Waals surface area contributed by atoms with Gasteiger partial charge in [-0.25, -0.2) is 8.78 Å². The molecule has 94 valence electrons. The van der Waals surface area contributed by atoms with E-state index in [1.54, 1.807) is 18.2 Å². The van der Waals surface area contributed by atoms with E-state index in [0.717, 1.165) is 18.4 Å². The SMILES string of the molecule is CCCC(c1cccc(F)c1)c1ccccc1F. The van der Waals surface area contributed by atoms with E-state index in [-0.39, 0.29) is 17.6 Å². The molecule has 0 aromatic heterocycles. The summed E-state index contributed by atoms with van der Waals surface area (Å²) >= 11 is 0. The Kier molecular flexibility index (Phi) is 4.08. The average Bonchev–Trinajstić information content (AvgIpc) is 2.37. The molecule has 0 fully saturated rings. The Hall–Kier alpha value is -1.70. The first kappa shape index (κ1) is 12.7. The predicted molar refractivity (Wildman–Crippen MR) is 69.6 cm³/mol. The van der Waals surface area contributed by atoms with Crippen molar-refractivity contribution in [1.29, 1.82) is 0 Å². The van der Waals surface area contributed by atoms with Crippen LogP contribution < -0.4 is 0 Å². The van der Waals surface area contributed by atoms with Gasteiger partial charge in [0.25, 0.3) is 0 Å². The van der Waals surface area contributed by atoms with Crippen LogP contribution in [0.1, 0.15) is 36.8 Å². The minimum atomic E-state index is -0.273. The third-order valence-corrected chi connectivity index (χ3v) is 3.11. The molecule has 2 rings (SSSR count). The number of rotatable bonds is 4. The Labute approximate surface area is 106 Å². The van der Waals surface area contributed by atoms with Crippen molar-refractivity contribution in [2.24, 2.45) is 0 Å². The molecule has 2 aromatic carbocycles. The fraction of sp³-hybridized carbons (Fsp3) is 0.250. The van der Waals surface area contributed by atoms with Gasteiger partial charge in [0.1, 0.15) is 11.6 Å². The van der Waals surface area contributed by atoms with Crippen LogP contribution in [0.25, 0.3) is 0 Å². The molecule has 0 spiro atoms. The van der Waals surface area contributed by atoms with E-state index in [9.17, 15) is 8.78 Å². The smallest absolute Gasteiger partial charge is 0.127 e. The van der Waals surface area contributed by atoms with E-state index in [1.165, 1.54) is 18.2 Å². The Balaban J connectivity index is 2.43. The molecule has 2 aromatic rings. The van der Waals surface area contributed by atoms with Gasteiger partial charge in [-0.3, -0.25) is 0 Å². The fourth-order valence-electron chi connectivity index (χ4n) is 2.27. The van der Waals surface area contributed by atoms with Gasteiger partial charge >= 0.3 is 0 Å². The normalized spacial score (nSPS) is 12.4. The molecule has 0 heterocycles. The summed E-state index contributed by atoms with van der Waals surface area (Å²) in [6.45, 7) is 2.05. The van der Waals surface area contributed by atoms with Crippen LogP contribution in [-0.2, 0) is 0 Å². The minimum Gasteiger partial charge on any atom is -0.207 e. The number of hydrogen-bond donors (Lipinski definition) is 0. The summed E-state index contributed by atoms with van der Waals surface area (Å²) in [4.78, 5) is 0. The molecule has 0 saturated carbocycles. The van der Waals surface area contributed by atoms with Crippen LogP contribution in [-0.4, -0.2) is 0 Å². The van der Waals surface area contributed by atoms with Crippen LogP contribution in [0, 0.1) is 11.6 Å². The molecular weight excluding hydrogens is 230 g/mol. The Morgan fingerprint density at radius 3 is 2.44 bits per heavy atom. The first-order valence-electron chi connectivity index (χ1n) is 6.22. The molecule has 0 nitrogen and oxygen atoms in total. The second-order valence-corrected chi connectivity index (χ2v) is 4.42. The highest BCUT2D eigenvalue weighted by Gasteiger charge is 2.17. The lowest BCUT2D eigenvalue weighted by Crippen LogP contribution is -2.04. The second kappa shape index (κ2) is 5.76. The van der Waals surface area contributed by atoms with Gasteiger partial charge < -0.3 is 0 Å². The number of hydrogen-bond acceptors (Lipinski definition) is 0. The zero-order valence-electron chi connectivity index (χ0n) is 10.4. The lowest BCUT2D eigenvalue weighted by molar-refractivity contribution is 0.578. The predicted octanol–water partition coefficient (Wildman–Crippen LogP) is 4.90. The lowest BCUT2D eigenvalue weighted by atomic mass is 9.87. The maximum atomic E-state index is 13.9. The molecule has 1 atom stereocenters. The highest BCUT2D eigenvalue weighted by atomic mass is 19.1. The van der Waals surface area contributed by atoms with Gasteiger partial charge in [0, 0.05) is 5.92 Å². The van der Waals surface area contributed by atoms with E-state index in [0.29, 0.717) is 5.56 Å². The van der Waals surface area contributed by atoms with Gasteiger partial charge in [-0.15, -0.1) is 0 Å². The van der Waals surface area contributed by atoms with Crippen molar-refractivity contribution >= 4 is 0 Å². The maximum absolute atomic E-state index is 13.9. The standard InChI is InChI=1S/C16H16F2/c1-2-6-14(12-7-5-8-13(17)11-12)15-9-3-4-10-16(15)18/h3-5,7-11,14H,2,6H2,1H3. The van der Waals surface area contributed by atoms with Crippen molar-refractivity contribution in [3.63, 3.8) is 0 Å². The maximum Gasteiger partial charge on any atom is 0.127 e. The van der Waals surface area contributed by atoms with Gasteiger partial charge in [-0.2, -0.15) is 0 Å². The zero-order chi connectivity index (χ0) is 13.0. The molecule has 0 N–H and O–H groups in total. The van der Waals surface area contributed by atoms with Crippen molar-refractivity contribution in [2.75, 3.05) is 0 Å². The van der Waals surface area contributed by atoms with Gasteiger partial charge in [-0.1, -0.05) is 43.7 Å². The summed E-state index contributed by atoms with van der Waals surface area (Å²) in [5.74, 6) is -0.572. The third kappa shape index (κ3) is 2.76. The molecule has 2 heteroatoms. The Morgan fingerprint density at radius 2 is 1.78 bits per heavy atom. The molecule has 0 aliphatic heterocycles. The summed E-state index contributed by atoms with van der Waals surface area (Å²) in [6.07, 6.45) is 1.74. The van der Waals surface area contributed by atoms with Crippen LogP contribution in [0.4, 0.5) is 8.78 Å². The monoisotopic (exact) mass is 246 g/mol. The summed E-state index contributed by atoms with van der Waals surface area (Å²) in [5, 5.41) is 0. The van der Waals surface area contributed by atoms with E-state index < -0.39 is 0 Å². The van der Waals surface area contributed by atoms with Crippen LogP contribution in [0.2, 0.25) is 0 Å². The molecular formula is C16H16F2. The molecule has 0 aliphatic rings. The van der Waals surface area contributed by atoms with Crippen molar-refractivity contribution in [2.45, 2.75) is 25.7 Å². The van der Waals surface area contributed by atoms with Crippen LogP contribution >= 0.6 is 0 Å². The largest absolute Gasteiger partial charge is 0.207 e. The van der Waals surface area contributed by atoms with Crippen molar-refractivity contribution in [3.8, 4) is 0 Å². The van der Waals surface area contributed by atoms with Gasteiger partial charge in [0.15, 0.2) is 0 Å². The molecule has 1 unspecified atom stereocenters. The highest BCUT2D eigenvalue weighted by Crippen LogP contribution is 2.31. The number of halogens is 2. The summed E-state index contributed by atoms with van der Waals surface area (Å²) in [5.41, 5.74) is 1.48. The van der Waals surface area contributed by atoms with Gasteiger partial charge in [-0.05, 0) is 35.7 Å². The van der Waals surface area contributed by atoms with E-state index in [2.05, 4.69) is 0 Å². The van der Waals surface area contributed by atoms with Crippen LogP contribution in [0.5, 0.6) is 0 Å².